The molecule has 2 aromatic rings. The highest BCUT2D eigenvalue weighted by Crippen LogP contribution is 2.20. The molecule has 0 aliphatic rings. The van der Waals surface area contributed by atoms with Gasteiger partial charge in [0, 0.05) is 30.3 Å². The highest BCUT2D eigenvalue weighted by molar-refractivity contribution is 7.99. The molecule has 134 valence electrons. The van der Waals surface area contributed by atoms with Crippen molar-refractivity contribution in [1.29, 1.82) is 0 Å². The number of ether oxygens (including phenoxy) is 1. The van der Waals surface area contributed by atoms with Crippen LogP contribution in [0.25, 0.3) is 0 Å². The van der Waals surface area contributed by atoms with Crippen LogP contribution in [0.3, 0.4) is 0 Å². The van der Waals surface area contributed by atoms with E-state index in [2.05, 4.69) is 20.0 Å². The SMILES string of the molecule is O=C(CSCc1ccccn1)NCc1cccnc1OCC(F)(F)F. The molecule has 0 saturated heterocycles. The molecular weight excluding hydrogens is 355 g/mol. The molecule has 0 saturated carbocycles. The van der Waals surface area contributed by atoms with Gasteiger partial charge in [-0.1, -0.05) is 12.1 Å². The van der Waals surface area contributed by atoms with E-state index in [1.165, 1.54) is 18.0 Å². The van der Waals surface area contributed by atoms with Gasteiger partial charge >= 0.3 is 6.18 Å². The number of hydrogen-bond donors (Lipinski definition) is 1. The van der Waals surface area contributed by atoms with Crippen LogP contribution in [0.4, 0.5) is 13.2 Å². The van der Waals surface area contributed by atoms with Crippen LogP contribution in [0.1, 0.15) is 11.3 Å². The number of carbonyl (C=O) groups is 1. The maximum atomic E-state index is 12.2. The van der Waals surface area contributed by atoms with Crippen molar-refractivity contribution in [3.8, 4) is 5.88 Å². The summed E-state index contributed by atoms with van der Waals surface area (Å²) in [4.78, 5) is 19.8. The molecule has 25 heavy (non-hydrogen) atoms. The van der Waals surface area contributed by atoms with E-state index in [1.54, 1.807) is 18.3 Å². The largest absolute Gasteiger partial charge is 0.468 e. The number of hydrogen-bond acceptors (Lipinski definition) is 5. The molecule has 1 amide bonds. The van der Waals surface area contributed by atoms with E-state index in [1.807, 2.05) is 18.2 Å². The molecule has 0 atom stereocenters. The molecule has 1 N–H and O–H groups in total. The zero-order valence-corrected chi connectivity index (χ0v) is 13.9. The quantitative estimate of drug-likeness (QED) is 0.773. The summed E-state index contributed by atoms with van der Waals surface area (Å²) < 4.78 is 41.4. The predicted octanol–water partition coefficient (Wildman–Crippen LogP) is 2.97. The van der Waals surface area contributed by atoms with Crippen LogP contribution in [-0.2, 0) is 17.1 Å². The van der Waals surface area contributed by atoms with Crippen molar-refractivity contribution < 1.29 is 22.7 Å². The number of nitrogens with one attached hydrogen (secondary N) is 1. The Morgan fingerprint density at radius 3 is 2.68 bits per heavy atom. The molecule has 0 bridgehead atoms. The third-order valence-electron chi connectivity index (χ3n) is 2.91. The molecule has 2 rings (SSSR count). The van der Waals surface area contributed by atoms with Crippen LogP contribution in [0, 0.1) is 0 Å². The molecule has 0 unspecified atom stereocenters. The van der Waals surface area contributed by atoms with Crippen LogP contribution in [0.2, 0.25) is 0 Å². The first-order chi connectivity index (χ1) is 11.9. The number of thioether (sulfide) groups is 1. The van der Waals surface area contributed by atoms with Gasteiger partial charge in [-0.05, 0) is 18.2 Å². The summed E-state index contributed by atoms with van der Waals surface area (Å²) in [7, 11) is 0. The van der Waals surface area contributed by atoms with Crippen molar-refractivity contribution >= 4 is 17.7 Å². The zero-order valence-electron chi connectivity index (χ0n) is 13.1. The number of halogens is 3. The van der Waals surface area contributed by atoms with Gasteiger partial charge in [-0.15, -0.1) is 11.8 Å². The minimum Gasteiger partial charge on any atom is -0.468 e. The van der Waals surface area contributed by atoms with Crippen LogP contribution in [0.15, 0.2) is 42.7 Å². The smallest absolute Gasteiger partial charge is 0.422 e. The zero-order chi connectivity index (χ0) is 18.1. The molecule has 5 nitrogen and oxygen atoms in total. The monoisotopic (exact) mass is 371 g/mol. The molecule has 9 heteroatoms. The number of carbonyl (C=O) groups excluding carboxylic acids is 1. The lowest BCUT2D eigenvalue weighted by Gasteiger charge is -2.12. The summed E-state index contributed by atoms with van der Waals surface area (Å²) in [6.45, 7) is -1.38. The highest BCUT2D eigenvalue weighted by Gasteiger charge is 2.29. The molecule has 0 aliphatic carbocycles. The summed E-state index contributed by atoms with van der Waals surface area (Å²) in [5, 5.41) is 2.64. The third kappa shape index (κ3) is 7.42. The van der Waals surface area contributed by atoms with E-state index in [-0.39, 0.29) is 24.1 Å². The number of nitrogens with zero attached hydrogens (tertiary/aromatic N) is 2. The van der Waals surface area contributed by atoms with Gasteiger partial charge in [0.15, 0.2) is 6.61 Å². The van der Waals surface area contributed by atoms with Crippen LogP contribution in [0.5, 0.6) is 5.88 Å². The predicted molar refractivity (Wildman–Crippen MR) is 88.0 cm³/mol. The van der Waals surface area contributed by atoms with Gasteiger partial charge in [0.25, 0.3) is 0 Å². The van der Waals surface area contributed by atoms with Crippen molar-refractivity contribution in [3.05, 3.63) is 54.0 Å². The molecule has 0 aromatic carbocycles. The molecule has 0 fully saturated rings. The Bertz CT molecular complexity index is 684. The lowest BCUT2D eigenvalue weighted by atomic mass is 10.2. The van der Waals surface area contributed by atoms with Crippen LogP contribution >= 0.6 is 11.8 Å². The Labute approximate surface area is 147 Å². The fraction of sp³-hybridized carbons (Fsp3) is 0.312. The van der Waals surface area contributed by atoms with E-state index in [9.17, 15) is 18.0 Å². The topological polar surface area (TPSA) is 64.1 Å². The second kappa shape index (κ2) is 9.26. The van der Waals surface area contributed by atoms with Gasteiger partial charge in [-0.2, -0.15) is 13.2 Å². The maximum Gasteiger partial charge on any atom is 0.422 e. The van der Waals surface area contributed by atoms with Gasteiger partial charge in [0.05, 0.1) is 11.4 Å². The van der Waals surface area contributed by atoms with Gasteiger partial charge in [0.2, 0.25) is 11.8 Å². The van der Waals surface area contributed by atoms with Gasteiger partial charge < -0.3 is 10.1 Å². The molecule has 2 heterocycles. The summed E-state index contributed by atoms with van der Waals surface area (Å²) in [6.07, 6.45) is -1.43. The first kappa shape index (κ1) is 19.0. The molecule has 0 radical (unpaired) electrons. The van der Waals surface area contributed by atoms with E-state index in [0.717, 1.165) is 5.69 Å². The summed E-state index contributed by atoms with van der Waals surface area (Å²) >= 11 is 1.40. The minimum atomic E-state index is -4.44. The fourth-order valence-corrected chi connectivity index (χ4v) is 2.58. The van der Waals surface area contributed by atoms with Crippen LogP contribution in [-0.4, -0.2) is 34.4 Å². The third-order valence-corrected chi connectivity index (χ3v) is 3.87. The van der Waals surface area contributed by atoms with Crippen molar-refractivity contribution in [2.45, 2.75) is 18.5 Å². The van der Waals surface area contributed by atoms with Crippen molar-refractivity contribution in [3.63, 3.8) is 0 Å². The number of amides is 1. The molecule has 2 aromatic heterocycles. The van der Waals surface area contributed by atoms with E-state index in [4.69, 9.17) is 0 Å². The van der Waals surface area contributed by atoms with Gasteiger partial charge in [-0.25, -0.2) is 4.98 Å². The standard InChI is InChI=1S/C16H16F3N3O2S/c17-16(18,19)11-24-15-12(4-3-7-21-15)8-22-14(23)10-25-9-13-5-1-2-6-20-13/h1-7H,8-11H2,(H,22,23). The minimum absolute atomic E-state index is 0.0456. The van der Waals surface area contributed by atoms with E-state index >= 15 is 0 Å². The van der Waals surface area contributed by atoms with Crippen molar-refractivity contribution in [1.82, 2.24) is 15.3 Å². The van der Waals surface area contributed by atoms with Crippen molar-refractivity contribution in [2.24, 2.45) is 0 Å². The summed E-state index contributed by atoms with van der Waals surface area (Å²) in [6, 6.07) is 8.67. The second-order valence-corrected chi connectivity index (χ2v) is 5.95. The number of alkyl halides is 3. The molecule has 0 aliphatic heterocycles. The lowest BCUT2D eigenvalue weighted by Crippen LogP contribution is -2.26. The first-order valence-corrected chi connectivity index (χ1v) is 8.47. The Morgan fingerprint density at radius 2 is 1.96 bits per heavy atom. The lowest BCUT2D eigenvalue weighted by molar-refractivity contribution is -0.154. The number of pyridine rings is 2. The van der Waals surface area contributed by atoms with Gasteiger partial charge in [-0.3, -0.25) is 9.78 Å². The number of aromatic nitrogens is 2. The maximum absolute atomic E-state index is 12.2. The Kier molecular flexibility index (Phi) is 7.05. The molecular formula is C16H16F3N3O2S. The number of rotatable bonds is 8. The summed E-state index contributed by atoms with van der Waals surface area (Å²) in [5.74, 6) is 0.448. The Hall–Kier alpha value is -2.29. The second-order valence-electron chi connectivity index (χ2n) is 4.96. The molecule has 0 spiro atoms. The fourth-order valence-electron chi connectivity index (χ4n) is 1.82. The normalized spacial score (nSPS) is 11.2. The highest BCUT2D eigenvalue weighted by atomic mass is 32.2. The van der Waals surface area contributed by atoms with Crippen molar-refractivity contribution in [2.75, 3.05) is 12.4 Å². The van der Waals surface area contributed by atoms with E-state index in [0.29, 0.717) is 11.3 Å². The Balaban J connectivity index is 1.77. The average Bonchev–Trinajstić information content (AvgIpc) is 2.59. The van der Waals surface area contributed by atoms with E-state index < -0.39 is 12.8 Å². The first-order valence-electron chi connectivity index (χ1n) is 7.32. The average molecular weight is 371 g/mol. The Morgan fingerprint density at radius 1 is 1.16 bits per heavy atom. The van der Waals surface area contributed by atoms with Crippen LogP contribution < -0.4 is 10.1 Å². The van der Waals surface area contributed by atoms with Gasteiger partial charge in [0.1, 0.15) is 0 Å². The summed E-state index contributed by atoms with van der Waals surface area (Å²) in [5.41, 5.74) is 1.25.